The highest BCUT2D eigenvalue weighted by molar-refractivity contribution is 5.88. The van der Waals surface area contributed by atoms with Gasteiger partial charge in [-0.05, 0) is 30.6 Å². The summed E-state index contributed by atoms with van der Waals surface area (Å²) in [5.41, 5.74) is 0.688. The van der Waals surface area contributed by atoms with Crippen molar-refractivity contribution in [2.75, 3.05) is 6.61 Å². The second-order valence-corrected chi connectivity index (χ2v) is 6.59. The van der Waals surface area contributed by atoms with Gasteiger partial charge in [-0.2, -0.15) is 0 Å². The van der Waals surface area contributed by atoms with Crippen LogP contribution in [0.25, 0.3) is 0 Å². The molecule has 2 fully saturated rings. The molecule has 0 N–H and O–H groups in total. The van der Waals surface area contributed by atoms with Crippen molar-refractivity contribution in [1.29, 1.82) is 0 Å². The maximum Gasteiger partial charge on any atom is 0.337 e. The number of carbonyl (C=O) groups excluding carboxylic acids is 1. The third-order valence-electron chi connectivity index (χ3n) is 5.63. The van der Waals surface area contributed by atoms with E-state index in [1.165, 1.54) is 12.7 Å². The lowest BCUT2D eigenvalue weighted by molar-refractivity contribution is -0.152. The van der Waals surface area contributed by atoms with Crippen molar-refractivity contribution in [2.24, 2.45) is 16.7 Å². The monoisotopic (exact) mass is 264 g/mol. The second kappa shape index (κ2) is 4.69. The lowest BCUT2D eigenvalue weighted by Gasteiger charge is -2.38. The number of carbonyl (C=O) groups is 1. The van der Waals surface area contributed by atoms with Crippen molar-refractivity contribution in [3.8, 4) is 0 Å². The zero-order chi connectivity index (χ0) is 14.3. The largest absolute Gasteiger partial charge is 0.497 e. The van der Waals surface area contributed by atoms with E-state index >= 15 is 0 Å². The molecule has 2 saturated carbocycles. The van der Waals surface area contributed by atoms with E-state index in [1.54, 1.807) is 0 Å². The van der Waals surface area contributed by atoms with Crippen molar-refractivity contribution < 1.29 is 14.3 Å². The van der Waals surface area contributed by atoms with E-state index in [9.17, 15) is 4.79 Å². The molecular formula is C16H24O3. The van der Waals surface area contributed by atoms with Crippen LogP contribution in [0.5, 0.6) is 0 Å². The quantitative estimate of drug-likeness (QED) is 0.433. The number of hydrogen-bond donors (Lipinski definition) is 0. The standard InChI is InChI=1S/C16H24O3/c1-6-18-10-11(2)14(17)19-13-9-12-7-8-16(13,5)15(12,3)4/h6,12-13H,1-2,7-10H2,3-5H3. The van der Waals surface area contributed by atoms with Gasteiger partial charge in [-0.15, -0.1) is 0 Å². The second-order valence-electron chi connectivity index (χ2n) is 6.59. The van der Waals surface area contributed by atoms with Crippen molar-refractivity contribution in [1.82, 2.24) is 0 Å². The molecule has 0 saturated heterocycles. The van der Waals surface area contributed by atoms with Gasteiger partial charge in [0.2, 0.25) is 0 Å². The third-order valence-corrected chi connectivity index (χ3v) is 5.63. The minimum absolute atomic E-state index is 0.00855. The highest BCUT2D eigenvalue weighted by Crippen LogP contribution is 2.66. The zero-order valence-electron chi connectivity index (χ0n) is 12.2. The molecule has 19 heavy (non-hydrogen) atoms. The summed E-state index contributed by atoms with van der Waals surface area (Å²) in [6.07, 6.45) is 4.68. The predicted molar refractivity (Wildman–Crippen MR) is 74.4 cm³/mol. The fraction of sp³-hybridized carbons (Fsp3) is 0.688. The molecule has 2 bridgehead atoms. The number of esters is 1. The molecule has 3 unspecified atom stereocenters. The van der Waals surface area contributed by atoms with Gasteiger partial charge in [-0.25, -0.2) is 4.79 Å². The summed E-state index contributed by atoms with van der Waals surface area (Å²) >= 11 is 0. The molecule has 0 aliphatic heterocycles. The van der Waals surface area contributed by atoms with Gasteiger partial charge in [0.15, 0.2) is 0 Å². The molecular weight excluding hydrogens is 240 g/mol. The average molecular weight is 264 g/mol. The molecule has 3 nitrogen and oxygen atoms in total. The van der Waals surface area contributed by atoms with Crippen LogP contribution < -0.4 is 0 Å². The molecule has 106 valence electrons. The van der Waals surface area contributed by atoms with Gasteiger partial charge >= 0.3 is 5.97 Å². The lowest BCUT2D eigenvalue weighted by atomic mass is 9.70. The fourth-order valence-corrected chi connectivity index (χ4v) is 3.74. The SMILES string of the molecule is C=COCC(=C)C(=O)OC1CC2CCC1(C)C2(C)C. The Morgan fingerprint density at radius 3 is 2.58 bits per heavy atom. The summed E-state index contributed by atoms with van der Waals surface area (Å²) in [4.78, 5) is 12.0. The Balaban J connectivity index is 2.00. The van der Waals surface area contributed by atoms with Crippen LogP contribution in [0.1, 0.15) is 40.0 Å². The van der Waals surface area contributed by atoms with Gasteiger partial charge in [0.25, 0.3) is 0 Å². The molecule has 0 aromatic heterocycles. The van der Waals surface area contributed by atoms with Crippen LogP contribution in [-0.2, 0) is 14.3 Å². The van der Waals surface area contributed by atoms with Crippen molar-refractivity contribution in [3.05, 3.63) is 25.0 Å². The average Bonchev–Trinajstić information content (AvgIpc) is 2.68. The van der Waals surface area contributed by atoms with Crippen molar-refractivity contribution in [3.63, 3.8) is 0 Å². The molecule has 2 aliphatic carbocycles. The van der Waals surface area contributed by atoms with E-state index in [4.69, 9.17) is 9.47 Å². The van der Waals surface area contributed by atoms with Crippen LogP contribution in [0.15, 0.2) is 25.0 Å². The molecule has 3 heteroatoms. The lowest BCUT2D eigenvalue weighted by Crippen LogP contribution is -2.38. The van der Waals surface area contributed by atoms with Crippen LogP contribution in [0.3, 0.4) is 0 Å². The summed E-state index contributed by atoms with van der Waals surface area (Å²) in [6.45, 7) is 14.2. The molecule has 3 atom stereocenters. The van der Waals surface area contributed by atoms with Crippen LogP contribution >= 0.6 is 0 Å². The normalized spacial score (nSPS) is 34.9. The van der Waals surface area contributed by atoms with Gasteiger partial charge in [0, 0.05) is 5.41 Å². The van der Waals surface area contributed by atoms with Gasteiger partial charge in [0.1, 0.15) is 12.7 Å². The smallest absolute Gasteiger partial charge is 0.337 e. The van der Waals surface area contributed by atoms with Gasteiger partial charge < -0.3 is 9.47 Å². The van der Waals surface area contributed by atoms with Gasteiger partial charge in [-0.3, -0.25) is 0 Å². The Labute approximate surface area is 115 Å². The van der Waals surface area contributed by atoms with E-state index in [1.807, 2.05) is 0 Å². The number of rotatable bonds is 5. The highest BCUT2D eigenvalue weighted by atomic mass is 16.5. The third kappa shape index (κ3) is 2.09. The minimum atomic E-state index is -0.337. The molecule has 0 aromatic carbocycles. The Hall–Kier alpha value is -1.25. The molecule has 0 aromatic rings. The maximum absolute atomic E-state index is 12.0. The highest BCUT2D eigenvalue weighted by Gasteiger charge is 2.62. The summed E-state index contributed by atoms with van der Waals surface area (Å²) in [5, 5.41) is 0. The molecule has 0 radical (unpaired) electrons. The maximum atomic E-state index is 12.0. The van der Waals surface area contributed by atoms with Gasteiger partial charge in [0.05, 0.1) is 11.8 Å². The van der Waals surface area contributed by atoms with Crippen LogP contribution in [0, 0.1) is 16.7 Å². The summed E-state index contributed by atoms with van der Waals surface area (Å²) < 4.78 is 10.7. The topological polar surface area (TPSA) is 35.5 Å². The number of ether oxygens (including phenoxy) is 2. The Morgan fingerprint density at radius 2 is 2.11 bits per heavy atom. The molecule has 0 heterocycles. The first kappa shape index (κ1) is 14.2. The van der Waals surface area contributed by atoms with Gasteiger partial charge in [-0.1, -0.05) is 33.9 Å². The Bertz CT molecular complexity index is 410. The molecule has 0 amide bonds. The summed E-state index contributed by atoms with van der Waals surface area (Å²) in [7, 11) is 0. The first-order chi connectivity index (χ1) is 8.83. The number of fused-ring (bicyclic) bond motifs is 2. The van der Waals surface area contributed by atoms with Crippen molar-refractivity contribution in [2.45, 2.75) is 46.1 Å². The zero-order valence-corrected chi connectivity index (χ0v) is 12.2. The molecule has 2 rings (SSSR count). The fourth-order valence-electron chi connectivity index (χ4n) is 3.74. The first-order valence-electron chi connectivity index (χ1n) is 6.94. The molecule has 2 aliphatic rings. The first-order valence-corrected chi connectivity index (χ1v) is 6.94. The number of hydrogen-bond acceptors (Lipinski definition) is 3. The van der Waals surface area contributed by atoms with E-state index in [2.05, 4.69) is 33.9 Å². The Kier molecular flexibility index (Phi) is 3.50. The Morgan fingerprint density at radius 1 is 1.42 bits per heavy atom. The summed E-state index contributed by atoms with van der Waals surface area (Å²) in [6, 6.07) is 0. The van der Waals surface area contributed by atoms with E-state index in [0.717, 1.165) is 12.8 Å². The minimum Gasteiger partial charge on any atom is -0.497 e. The van der Waals surface area contributed by atoms with Crippen LogP contribution in [0.2, 0.25) is 0 Å². The molecule has 0 spiro atoms. The van der Waals surface area contributed by atoms with E-state index in [0.29, 0.717) is 11.5 Å². The van der Waals surface area contributed by atoms with E-state index in [-0.39, 0.29) is 29.5 Å². The van der Waals surface area contributed by atoms with Crippen LogP contribution in [-0.4, -0.2) is 18.7 Å². The van der Waals surface area contributed by atoms with Crippen LogP contribution in [0.4, 0.5) is 0 Å². The van der Waals surface area contributed by atoms with Crippen molar-refractivity contribution >= 4 is 5.97 Å². The predicted octanol–water partition coefficient (Wildman–Crippen LogP) is 3.46. The summed E-state index contributed by atoms with van der Waals surface area (Å²) in [5.74, 6) is 0.324. The van der Waals surface area contributed by atoms with E-state index < -0.39 is 0 Å².